The van der Waals surface area contributed by atoms with Gasteiger partial charge in [0.05, 0.1) is 6.26 Å². The van der Waals surface area contributed by atoms with Crippen LogP contribution in [0.25, 0.3) is 0 Å². The van der Waals surface area contributed by atoms with E-state index >= 15 is 0 Å². The van der Waals surface area contributed by atoms with Crippen LogP contribution < -0.4 is 5.32 Å². The molecule has 1 fully saturated rings. The number of piperidine rings is 1. The number of nitrogens with zero attached hydrogens (tertiary/aromatic N) is 1. The summed E-state index contributed by atoms with van der Waals surface area (Å²) < 4.78 is 24.4. The zero-order valence-electron chi connectivity index (χ0n) is 14.7. The Hall–Kier alpha value is -1.93. The van der Waals surface area contributed by atoms with Crippen LogP contribution in [0.15, 0.2) is 18.2 Å². The van der Waals surface area contributed by atoms with Gasteiger partial charge in [-0.1, -0.05) is 18.2 Å². The summed E-state index contributed by atoms with van der Waals surface area (Å²) in [5, 5.41) is 12.1. The van der Waals surface area contributed by atoms with Gasteiger partial charge in [0.15, 0.2) is 6.04 Å². The van der Waals surface area contributed by atoms with E-state index in [1.165, 1.54) is 4.31 Å². The van der Waals surface area contributed by atoms with Crippen molar-refractivity contribution in [2.24, 2.45) is 5.92 Å². The van der Waals surface area contributed by atoms with Crippen molar-refractivity contribution in [1.29, 1.82) is 0 Å². The Kier molecular flexibility index (Phi) is 5.84. The van der Waals surface area contributed by atoms with Gasteiger partial charge in [-0.05, 0) is 43.4 Å². The third kappa shape index (κ3) is 4.79. The highest BCUT2D eigenvalue weighted by atomic mass is 32.2. The molecule has 138 valence electrons. The lowest BCUT2D eigenvalue weighted by molar-refractivity contribution is -0.142. The van der Waals surface area contributed by atoms with Crippen molar-refractivity contribution < 1.29 is 23.1 Å². The largest absolute Gasteiger partial charge is 0.479 e. The van der Waals surface area contributed by atoms with Crippen LogP contribution in [0.4, 0.5) is 0 Å². The van der Waals surface area contributed by atoms with Crippen molar-refractivity contribution in [3.63, 3.8) is 0 Å². The van der Waals surface area contributed by atoms with E-state index in [4.69, 9.17) is 0 Å². The molecule has 0 aliphatic carbocycles. The number of hydrogen-bond acceptors (Lipinski definition) is 4. The highest BCUT2D eigenvalue weighted by molar-refractivity contribution is 7.88. The first-order valence-corrected chi connectivity index (χ1v) is 10.00. The van der Waals surface area contributed by atoms with Gasteiger partial charge >= 0.3 is 5.97 Å². The molecule has 1 aliphatic rings. The number of hydrogen-bond donors (Lipinski definition) is 2. The number of benzene rings is 1. The highest BCUT2D eigenvalue weighted by Gasteiger charge is 2.31. The lowest BCUT2D eigenvalue weighted by atomic mass is 9.95. The number of aliphatic carboxylic acids is 1. The third-order valence-corrected chi connectivity index (χ3v) is 5.99. The molecular weight excluding hydrogens is 344 g/mol. The number of sulfonamides is 1. The van der Waals surface area contributed by atoms with Crippen molar-refractivity contribution in [1.82, 2.24) is 9.62 Å². The van der Waals surface area contributed by atoms with E-state index in [1.54, 1.807) is 12.1 Å². The van der Waals surface area contributed by atoms with E-state index in [0.29, 0.717) is 18.4 Å². The van der Waals surface area contributed by atoms with Crippen LogP contribution in [0.2, 0.25) is 0 Å². The Morgan fingerprint density at radius 2 is 1.80 bits per heavy atom. The van der Waals surface area contributed by atoms with Gasteiger partial charge in [-0.3, -0.25) is 4.79 Å². The zero-order chi connectivity index (χ0) is 18.8. The van der Waals surface area contributed by atoms with Crippen molar-refractivity contribution >= 4 is 21.9 Å². The topological polar surface area (TPSA) is 104 Å². The number of nitrogens with one attached hydrogen (secondary N) is 1. The van der Waals surface area contributed by atoms with Gasteiger partial charge < -0.3 is 10.4 Å². The molecule has 0 radical (unpaired) electrons. The molecule has 1 unspecified atom stereocenters. The molecule has 1 aromatic rings. The number of carboxylic acids is 1. The number of carbonyl (C=O) groups excluding carboxylic acids is 1. The Balaban J connectivity index is 2.06. The molecule has 0 saturated carbocycles. The Morgan fingerprint density at radius 3 is 2.28 bits per heavy atom. The number of carbonyl (C=O) groups is 2. The fraction of sp³-hybridized carbons (Fsp3) is 0.529. The van der Waals surface area contributed by atoms with Crippen molar-refractivity contribution in [3.05, 3.63) is 34.9 Å². The Labute approximate surface area is 148 Å². The maximum Gasteiger partial charge on any atom is 0.330 e. The molecule has 2 rings (SSSR count). The molecule has 25 heavy (non-hydrogen) atoms. The fourth-order valence-corrected chi connectivity index (χ4v) is 3.82. The molecule has 1 atom stereocenters. The molecule has 0 aromatic heterocycles. The molecule has 2 N–H and O–H groups in total. The van der Waals surface area contributed by atoms with Gasteiger partial charge in [0, 0.05) is 19.0 Å². The summed E-state index contributed by atoms with van der Waals surface area (Å²) in [5.41, 5.74) is 2.53. The van der Waals surface area contributed by atoms with Crippen LogP contribution in [0.1, 0.15) is 35.6 Å². The molecule has 1 aromatic carbocycles. The molecule has 1 heterocycles. The molecular formula is C17H24N2O5S. The first-order chi connectivity index (χ1) is 11.6. The van der Waals surface area contributed by atoms with E-state index in [0.717, 1.165) is 17.4 Å². The normalized spacial score (nSPS) is 17.9. The van der Waals surface area contributed by atoms with Gasteiger partial charge in [-0.15, -0.1) is 0 Å². The van der Waals surface area contributed by atoms with E-state index < -0.39 is 22.0 Å². The summed E-state index contributed by atoms with van der Waals surface area (Å²) in [7, 11) is -3.26. The second kappa shape index (κ2) is 7.53. The minimum atomic E-state index is -3.26. The standard InChI is InChI=1S/C17H24N2O5S/c1-11-4-5-14(10-12(11)2)15(17(21)22)18-16(20)13-6-8-19(9-7-13)25(3,23)24/h4-5,10,13,15H,6-9H2,1-3H3,(H,18,20)(H,21,22). The SMILES string of the molecule is Cc1ccc(C(NC(=O)C2CCN(S(C)(=O)=O)CC2)C(=O)O)cc1C. The molecule has 8 heteroatoms. The molecule has 0 bridgehead atoms. The summed E-state index contributed by atoms with van der Waals surface area (Å²) >= 11 is 0. The van der Waals surface area contributed by atoms with E-state index in [1.807, 2.05) is 19.9 Å². The van der Waals surface area contributed by atoms with Gasteiger partial charge in [0.1, 0.15) is 0 Å². The Bertz CT molecular complexity index is 767. The third-order valence-electron chi connectivity index (χ3n) is 4.69. The highest BCUT2D eigenvalue weighted by Crippen LogP contribution is 2.22. The molecule has 7 nitrogen and oxygen atoms in total. The maximum absolute atomic E-state index is 12.5. The van der Waals surface area contributed by atoms with E-state index in [9.17, 15) is 23.1 Å². The average molecular weight is 368 g/mol. The first kappa shape index (κ1) is 19.4. The van der Waals surface area contributed by atoms with E-state index in [2.05, 4.69) is 5.32 Å². The monoisotopic (exact) mass is 368 g/mol. The number of rotatable bonds is 5. The van der Waals surface area contributed by atoms with E-state index in [-0.39, 0.29) is 24.9 Å². The van der Waals surface area contributed by atoms with Crippen molar-refractivity contribution in [3.8, 4) is 0 Å². The van der Waals surface area contributed by atoms with Gasteiger partial charge in [-0.25, -0.2) is 17.5 Å². The number of carboxylic acid groups (broad SMARTS) is 1. The summed E-state index contributed by atoms with van der Waals surface area (Å²) in [6, 6.07) is 4.19. The lowest BCUT2D eigenvalue weighted by Crippen LogP contribution is -2.44. The molecule has 1 amide bonds. The minimum Gasteiger partial charge on any atom is -0.479 e. The van der Waals surface area contributed by atoms with Gasteiger partial charge in [0.25, 0.3) is 0 Å². The minimum absolute atomic E-state index is 0.276. The molecule has 1 aliphatic heterocycles. The fourth-order valence-electron chi connectivity index (χ4n) is 2.94. The Morgan fingerprint density at radius 1 is 1.20 bits per heavy atom. The van der Waals surface area contributed by atoms with Crippen LogP contribution in [0.5, 0.6) is 0 Å². The number of aryl methyl sites for hydroxylation is 2. The molecule has 0 spiro atoms. The van der Waals surface area contributed by atoms with Gasteiger partial charge in [0.2, 0.25) is 15.9 Å². The second-order valence-corrected chi connectivity index (χ2v) is 8.54. The van der Waals surface area contributed by atoms with Crippen molar-refractivity contribution in [2.75, 3.05) is 19.3 Å². The average Bonchev–Trinajstić information content (AvgIpc) is 2.54. The predicted molar refractivity (Wildman–Crippen MR) is 93.6 cm³/mol. The summed E-state index contributed by atoms with van der Waals surface area (Å²) in [6.45, 7) is 4.38. The maximum atomic E-state index is 12.5. The lowest BCUT2D eigenvalue weighted by Gasteiger charge is -2.30. The quantitative estimate of drug-likeness (QED) is 0.813. The predicted octanol–water partition coefficient (Wildman–Crippen LogP) is 1.22. The van der Waals surface area contributed by atoms with Crippen LogP contribution in [-0.2, 0) is 19.6 Å². The van der Waals surface area contributed by atoms with Crippen LogP contribution in [0.3, 0.4) is 0 Å². The number of amides is 1. The van der Waals surface area contributed by atoms with Crippen LogP contribution >= 0.6 is 0 Å². The van der Waals surface area contributed by atoms with Crippen LogP contribution in [0, 0.1) is 19.8 Å². The summed E-state index contributed by atoms with van der Waals surface area (Å²) in [4.78, 5) is 24.0. The summed E-state index contributed by atoms with van der Waals surface area (Å²) in [5.74, 6) is -1.85. The zero-order valence-corrected chi connectivity index (χ0v) is 15.5. The van der Waals surface area contributed by atoms with Crippen LogP contribution in [-0.4, -0.2) is 49.1 Å². The van der Waals surface area contributed by atoms with Crippen molar-refractivity contribution in [2.45, 2.75) is 32.7 Å². The smallest absolute Gasteiger partial charge is 0.330 e. The van der Waals surface area contributed by atoms with Gasteiger partial charge in [-0.2, -0.15) is 0 Å². The molecule has 1 saturated heterocycles. The second-order valence-electron chi connectivity index (χ2n) is 6.56. The first-order valence-electron chi connectivity index (χ1n) is 8.15. The summed E-state index contributed by atoms with van der Waals surface area (Å²) in [6.07, 6.45) is 1.92.